The van der Waals surface area contributed by atoms with Crippen molar-refractivity contribution in [2.75, 3.05) is 0 Å². The van der Waals surface area contributed by atoms with E-state index in [1.807, 2.05) is 0 Å². The molecule has 0 fully saturated rings. The zero-order valence-electron chi connectivity index (χ0n) is 5.14. The zero-order chi connectivity index (χ0) is 7.56. The molecule has 0 saturated heterocycles. The minimum atomic E-state index is 0.579. The van der Waals surface area contributed by atoms with E-state index in [9.17, 15) is 0 Å². The van der Waals surface area contributed by atoms with Crippen LogP contribution in [0.4, 0.5) is 0 Å². The van der Waals surface area contributed by atoms with Crippen LogP contribution in [0.3, 0.4) is 0 Å². The normalized spacial score (nSPS) is 9.50. The van der Waals surface area contributed by atoms with Gasteiger partial charge in [0.05, 0.1) is 10.0 Å². The summed E-state index contributed by atoms with van der Waals surface area (Å²) < 4.78 is 3.67. The molecule has 0 aromatic heterocycles. The van der Waals surface area contributed by atoms with E-state index in [2.05, 4.69) is 11.8 Å². The summed E-state index contributed by atoms with van der Waals surface area (Å²) in [5.41, 5.74) is 0. The summed E-state index contributed by atoms with van der Waals surface area (Å²) in [6, 6.07) is 5.04. The smallest absolute Gasteiger partial charge is 0.228 e. The molecule has 1 N–H and O–H groups in total. The lowest BCUT2D eigenvalue weighted by Gasteiger charge is -2.02. The van der Waals surface area contributed by atoms with Crippen LogP contribution in [0.15, 0.2) is 18.2 Å². The van der Waals surface area contributed by atoms with Crippen LogP contribution >= 0.6 is 23.2 Å². The number of hydrogen-bond donors (Lipinski definition) is 0. The Kier molecular flexibility index (Phi) is 2.41. The van der Waals surface area contributed by atoms with Gasteiger partial charge < -0.3 is 4.74 Å². The van der Waals surface area contributed by atoms with E-state index in [0.717, 1.165) is 0 Å². The predicted octanol–water partition coefficient (Wildman–Crippen LogP) is 3.03. The minimum absolute atomic E-state index is 0.579. The first-order valence-corrected chi connectivity index (χ1v) is 3.41. The maximum Gasteiger partial charge on any atom is 0.228 e. The Bertz CT molecular complexity index is 215. The van der Waals surface area contributed by atoms with Gasteiger partial charge in [0.15, 0.2) is 0 Å². The van der Waals surface area contributed by atoms with Crippen LogP contribution in [0.5, 0.6) is 5.75 Å². The molecule has 54 valence electrons. The maximum atomic E-state index is 5.66. The highest BCUT2D eigenvalue weighted by Gasteiger charge is 1.97. The largest absolute Gasteiger partial charge is 0.722 e. The van der Waals surface area contributed by atoms with Crippen molar-refractivity contribution >= 4 is 23.2 Å². The molecular weight excluding hydrogens is 171 g/mol. The average Bonchev–Trinajstić information content (AvgIpc) is 1.85. The summed E-state index contributed by atoms with van der Waals surface area (Å²) >= 11 is 11.3. The Morgan fingerprint density at radius 2 is 1.60 bits per heavy atom. The lowest BCUT2D eigenvalue weighted by molar-refractivity contribution is 0.186. The minimum Gasteiger partial charge on any atom is -0.722 e. The summed E-state index contributed by atoms with van der Waals surface area (Å²) in [6.07, 6.45) is 0. The Labute approximate surface area is 69.5 Å². The quantitative estimate of drug-likeness (QED) is 0.462. The van der Waals surface area contributed by atoms with Crippen LogP contribution in [-0.2, 0) is 0 Å². The second-order valence-electron chi connectivity index (χ2n) is 1.79. The van der Waals surface area contributed by atoms with Crippen LogP contribution in [0, 0.1) is 7.11 Å². The van der Waals surface area contributed by atoms with Gasteiger partial charge >= 0.3 is 0 Å². The molecule has 0 aliphatic heterocycles. The molecule has 0 heterocycles. The van der Waals surface area contributed by atoms with Crippen molar-refractivity contribution in [3.63, 3.8) is 0 Å². The van der Waals surface area contributed by atoms with E-state index in [4.69, 9.17) is 23.2 Å². The lowest BCUT2D eigenvalue weighted by Crippen LogP contribution is -1.74. The van der Waals surface area contributed by atoms with Crippen molar-refractivity contribution in [1.29, 1.82) is 0 Å². The molecule has 0 radical (unpaired) electrons. The topological polar surface area (TPSA) is 12.8 Å². The third-order valence-corrected chi connectivity index (χ3v) is 1.47. The van der Waals surface area contributed by atoms with Crippen molar-refractivity contribution in [2.24, 2.45) is 0 Å². The van der Waals surface area contributed by atoms with Gasteiger partial charge in [0.1, 0.15) is 0 Å². The van der Waals surface area contributed by atoms with Crippen molar-refractivity contribution in [1.82, 2.24) is 0 Å². The van der Waals surface area contributed by atoms with Gasteiger partial charge in [0.25, 0.3) is 0 Å². The number of halogens is 2. The number of hydrogen-bond acceptors (Lipinski definition) is 0. The first-order valence-electron chi connectivity index (χ1n) is 2.65. The molecule has 1 rings (SSSR count). The molecule has 1 aromatic rings. The summed E-state index contributed by atoms with van der Waals surface area (Å²) in [6.45, 7) is 0. The Hall–Kier alpha value is -0.400. The Morgan fingerprint density at radius 3 is 2.00 bits per heavy atom. The van der Waals surface area contributed by atoms with Crippen LogP contribution in [0.25, 0.3) is 0 Å². The fourth-order valence-electron chi connectivity index (χ4n) is 0.631. The molecule has 0 unspecified atom stereocenters. The molecule has 0 saturated carbocycles. The number of benzene rings is 1. The number of aromatic hydroxyl groups is 1. The van der Waals surface area contributed by atoms with Gasteiger partial charge in [0.2, 0.25) is 5.75 Å². The first-order chi connectivity index (χ1) is 4.72. The van der Waals surface area contributed by atoms with Crippen LogP contribution in [0.2, 0.25) is 10.0 Å². The second-order valence-corrected chi connectivity index (χ2v) is 2.66. The summed E-state index contributed by atoms with van der Waals surface area (Å²) in [5, 5.41) is 1.16. The average molecular weight is 177 g/mol. The van der Waals surface area contributed by atoms with Crippen molar-refractivity contribution in [3.05, 3.63) is 35.4 Å². The van der Waals surface area contributed by atoms with Crippen LogP contribution in [-0.4, -0.2) is 4.74 Å². The SMILES string of the molecule is [CH2-][OH+]c1cc(Cl)cc(Cl)c1. The predicted molar refractivity (Wildman–Crippen MR) is 43.5 cm³/mol. The van der Waals surface area contributed by atoms with E-state index in [1.54, 1.807) is 18.2 Å². The van der Waals surface area contributed by atoms with E-state index in [-0.39, 0.29) is 0 Å². The molecule has 0 spiro atoms. The van der Waals surface area contributed by atoms with Gasteiger partial charge in [-0.2, -0.15) is 0 Å². The fraction of sp³-hybridized carbons (Fsp3) is 0. The van der Waals surface area contributed by atoms with Gasteiger partial charge in [0, 0.05) is 12.1 Å². The van der Waals surface area contributed by atoms with Crippen molar-refractivity contribution in [3.8, 4) is 5.75 Å². The standard InChI is InChI=1S/C7H6Cl2O/c1-10-7-3-5(8)2-6(9)4-7/h2-4,10H,1H2. The Balaban J connectivity index is 3.06. The maximum absolute atomic E-state index is 5.66. The summed E-state index contributed by atoms with van der Waals surface area (Å²) in [4.78, 5) is 0. The van der Waals surface area contributed by atoms with Gasteiger partial charge in [-0.3, -0.25) is 0 Å². The highest BCUT2D eigenvalue weighted by Crippen LogP contribution is 2.24. The van der Waals surface area contributed by atoms with Gasteiger partial charge in [-0.1, -0.05) is 23.2 Å². The van der Waals surface area contributed by atoms with Crippen LogP contribution in [0.1, 0.15) is 0 Å². The van der Waals surface area contributed by atoms with Gasteiger partial charge in [-0.25, -0.2) is 0 Å². The molecule has 10 heavy (non-hydrogen) atoms. The van der Waals surface area contributed by atoms with E-state index in [0.29, 0.717) is 15.8 Å². The summed E-state index contributed by atoms with van der Waals surface area (Å²) in [5.74, 6) is 0.692. The molecule has 0 bridgehead atoms. The number of ether oxygens (including phenoxy) is 1. The summed E-state index contributed by atoms with van der Waals surface area (Å²) in [7, 11) is 3.35. The van der Waals surface area contributed by atoms with E-state index in [1.165, 1.54) is 0 Å². The third-order valence-electron chi connectivity index (χ3n) is 1.03. The van der Waals surface area contributed by atoms with Gasteiger partial charge in [-0.15, -0.1) is 0 Å². The van der Waals surface area contributed by atoms with E-state index < -0.39 is 0 Å². The molecule has 0 amide bonds. The number of rotatable bonds is 1. The highest BCUT2D eigenvalue weighted by molar-refractivity contribution is 6.34. The van der Waals surface area contributed by atoms with E-state index >= 15 is 0 Å². The second kappa shape index (κ2) is 3.13. The highest BCUT2D eigenvalue weighted by atomic mass is 35.5. The van der Waals surface area contributed by atoms with Crippen LogP contribution < -0.4 is 0 Å². The first kappa shape index (κ1) is 7.70. The molecule has 1 nitrogen and oxygen atoms in total. The Morgan fingerprint density at radius 1 is 1.10 bits per heavy atom. The molecule has 0 atom stereocenters. The van der Waals surface area contributed by atoms with Gasteiger partial charge in [-0.05, 0) is 13.2 Å². The van der Waals surface area contributed by atoms with Crippen molar-refractivity contribution in [2.45, 2.75) is 0 Å². The fourth-order valence-corrected chi connectivity index (χ4v) is 1.15. The third kappa shape index (κ3) is 1.79. The molecule has 0 aliphatic rings. The molecular formula is C7H6Cl2O. The molecule has 1 aromatic carbocycles. The molecule has 3 heteroatoms. The molecule has 0 aliphatic carbocycles. The zero-order valence-corrected chi connectivity index (χ0v) is 6.65. The lowest BCUT2D eigenvalue weighted by atomic mass is 10.3. The monoisotopic (exact) mass is 176 g/mol. The number of aliphatic hydroxyl groups is 1. The van der Waals surface area contributed by atoms with Crippen molar-refractivity contribution < 1.29 is 4.74 Å².